The monoisotopic (exact) mass is 560 g/mol. The number of ether oxygens (including phenoxy) is 2. The average molecular weight is 561 g/mol. The van der Waals surface area contributed by atoms with Crippen LogP contribution >= 0.6 is 0 Å². The van der Waals surface area contributed by atoms with Crippen molar-refractivity contribution < 1.29 is 14.3 Å². The third-order valence-electron chi connectivity index (χ3n) is 8.14. The number of benzene rings is 3. The number of aryl methyl sites for hydroxylation is 1. The number of aromatic nitrogens is 1. The molecule has 0 unspecified atom stereocenters. The molecule has 1 aliphatic carbocycles. The van der Waals surface area contributed by atoms with Gasteiger partial charge in [-0.05, 0) is 72.5 Å². The maximum Gasteiger partial charge on any atom is 0.253 e. The molecule has 8 nitrogen and oxygen atoms in total. The lowest BCUT2D eigenvalue weighted by Gasteiger charge is -2.37. The van der Waals surface area contributed by atoms with Gasteiger partial charge in [-0.2, -0.15) is 0 Å². The molecule has 1 aromatic heterocycles. The number of methoxy groups -OCH3 is 1. The molecule has 0 radical (unpaired) electrons. The Balaban J connectivity index is 1.50. The van der Waals surface area contributed by atoms with Crippen molar-refractivity contribution in [2.75, 3.05) is 17.3 Å². The van der Waals surface area contributed by atoms with Gasteiger partial charge < -0.3 is 29.7 Å². The van der Waals surface area contributed by atoms with Crippen molar-refractivity contribution in [2.45, 2.75) is 31.2 Å². The molecule has 4 aromatic rings. The van der Waals surface area contributed by atoms with E-state index in [0.717, 1.165) is 47.4 Å². The zero-order chi connectivity index (χ0) is 29.3. The van der Waals surface area contributed by atoms with E-state index in [0.29, 0.717) is 29.4 Å². The molecular formula is C34H32N4O4. The molecule has 1 fully saturated rings. The van der Waals surface area contributed by atoms with E-state index in [4.69, 9.17) is 14.9 Å². The van der Waals surface area contributed by atoms with E-state index in [-0.39, 0.29) is 11.5 Å². The highest BCUT2D eigenvalue weighted by Crippen LogP contribution is 2.57. The number of allylic oxidation sites excluding steroid dienone is 1. The van der Waals surface area contributed by atoms with E-state index in [1.54, 1.807) is 32.5 Å². The van der Waals surface area contributed by atoms with Gasteiger partial charge in [-0.3, -0.25) is 9.59 Å². The predicted octanol–water partition coefficient (Wildman–Crippen LogP) is 6.26. The number of fused-ring (bicyclic) bond motifs is 2. The van der Waals surface area contributed by atoms with Gasteiger partial charge in [0.25, 0.3) is 5.56 Å². The number of pyridine rings is 1. The van der Waals surface area contributed by atoms with Crippen LogP contribution in [0.3, 0.4) is 0 Å². The van der Waals surface area contributed by atoms with Crippen molar-refractivity contribution in [3.63, 3.8) is 0 Å². The summed E-state index contributed by atoms with van der Waals surface area (Å²) in [7, 11) is 3.31. The number of anilines is 2. The van der Waals surface area contributed by atoms with Crippen LogP contribution in [0.2, 0.25) is 0 Å². The van der Waals surface area contributed by atoms with Crippen LogP contribution in [0.1, 0.15) is 36.0 Å². The zero-order valence-corrected chi connectivity index (χ0v) is 23.6. The molecule has 1 spiro atoms. The van der Waals surface area contributed by atoms with Crippen LogP contribution < -0.4 is 25.2 Å². The first-order valence-electron chi connectivity index (χ1n) is 13.9. The van der Waals surface area contributed by atoms with Crippen molar-refractivity contribution in [1.29, 1.82) is 5.41 Å². The van der Waals surface area contributed by atoms with Crippen LogP contribution in [0.25, 0.3) is 5.70 Å². The number of rotatable bonds is 9. The maximum atomic E-state index is 14.2. The first kappa shape index (κ1) is 27.1. The Morgan fingerprint density at radius 2 is 1.76 bits per heavy atom. The van der Waals surface area contributed by atoms with E-state index in [1.807, 2.05) is 65.6 Å². The molecule has 2 N–H and O–H groups in total. The molecule has 8 heteroatoms. The second kappa shape index (κ2) is 11.0. The fourth-order valence-electron chi connectivity index (χ4n) is 5.73. The Morgan fingerprint density at radius 1 is 1.00 bits per heavy atom. The van der Waals surface area contributed by atoms with Crippen LogP contribution in [-0.4, -0.2) is 23.8 Å². The molecule has 0 atom stereocenters. The molecule has 212 valence electrons. The number of para-hydroxylation sites is 1. The normalized spacial score (nSPS) is 15.2. The number of hydrogen-bond acceptors (Lipinski definition) is 6. The van der Waals surface area contributed by atoms with Crippen molar-refractivity contribution in [1.82, 2.24) is 4.57 Å². The fourth-order valence-corrected chi connectivity index (χ4v) is 5.73. The van der Waals surface area contributed by atoms with E-state index in [1.165, 1.54) is 16.8 Å². The summed E-state index contributed by atoms with van der Waals surface area (Å²) in [5.41, 5.74) is 4.11. The molecule has 0 bridgehead atoms. The van der Waals surface area contributed by atoms with Crippen LogP contribution in [0.15, 0.2) is 95.9 Å². The Hall–Kier alpha value is -5.11. The number of hydrogen-bond donors (Lipinski definition) is 2. The summed E-state index contributed by atoms with van der Waals surface area (Å²) in [6.07, 6.45) is 7.05. The van der Waals surface area contributed by atoms with E-state index >= 15 is 0 Å². The second-order valence-corrected chi connectivity index (χ2v) is 10.7. The summed E-state index contributed by atoms with van der Waals surface area (Å²) < 4.78 is 13.3. The minimum absolute atomic E-state index is 0.0548. The Labute approximate surface area is 244 Å². The second-order valence-electron chi connectivity index (χ2n) is 10.7. The smallest absolute Gasteiger partial charge is 0.253 e. The summed E-state index contributed by atoms with van der Waals surface area (Å²) in [4.78, 5) is 28.5. The molecule has 0 saturated heterocycles. The fraction of sp³-hybridized carbons (Fsp3) is 0.206. The molecule has 2 heterocycles. The van der Waals surface area contributed by atoms with Gasteiger partial charge in [0.15, 0.2) is 5.75 Å². The number of nitrogens with one attached hydrogen (secondary N) is 2. The first-order valence-corrected chi connectivity index (χ1v) is 13.9. The number of carbonyl (C=O) groups is 1. The molecule has 2 aliphatic rings. The summed E-state index contributed by atoms with van der Waals surface area (Å²) in [5, 5.41) is 11.3. The molecule has 1 aliphatic heterocycles. The molecular weight excluding hydrogens is 528 g/mol. The predicted molar refractivity (Wildman–Crippen MR) is 165 cm³/mol. The maximum absolute atomic E-state index is 14.2. The average Bonchev–Trinajstić information content (AvgIpc) is 3.23. The van der Waals surface area contributed by atoms with Gasteiger partial charge in [-0.25, -0.2) is 0 Å². The van der Waals surface area contributed by atoms with Crippen LogP contribution in [0.5, 0.6) is 17.2 Å². The van der Waals surface area contributed by atoms with E-state index in [9.17, 15) is 9.59 Å². The quantitative estimate of drug-likeness (QED) is 0.236. The highest BCUT2D eigenvalue weighted by Gasteiger charge is 2.55. The third kappa shape index (κ3) is 4.85. The van der Waals surface area contributed by atoms with Crippen molar-refractivity contribution in [2.24, 2.45) is 7.05 Å². The Morgan fingerprint density at radius 3 is 2.40 bits per heavy atom. The highest BCUT2D eigenvalue weighted by molar-refractivity contribution is 6.10. The molecule has 1 amide bonds. The van der Waals surface area contributed by atoms with Gasteiger partial charge in [-0.15, -0.1) is 0 Å². The van der Waals surface area contributed by atoms with Gasteiger partial charge in [0.05, 0.1) is 24.8 Å². The zero-order valence-electron chi connectivity index (χ0n) is 23.6. The summed E-state index contributed by atoms with van der Waals surface area (Å²) in [5.74, 6) is 1.67. The minimum Gasteiger partial charge on any atom is -0.497 e. The number of carbonyl (C=O) groups excluding carboxylic acids is 1. The van der Waals surface area contributed by atoms with Gasteiger partial charge in [0.2, 0.25) is 5.91 Å². The largest absolute Gasteiger partial charge is 0.497 e. The summed E-state index contributed by atoms with van der Waals surface area (Å²) >= 11 is 0. The summed E-state index contributed by atoms with van der Waals surface area (Å²) in [6.45, 7) is 0.370. The molecule has 42 heavy (non-hydrogen) atoms. The molecule has 3 aromatic carbocycles. The molecule has 1 saturated carbocycles. The van der Waals surface area contributed by atoms with E-state index < -0.39 is 5.41 Å². The summed E-state index contributed by atoms with van der Waals surface area (Å²) in [6, 6.07) is 24.6. The van der Waals surface area contributed by atoms with Gasteiger partial charge in [0, 0.05) is 42.5 Å². The Kier molecular flexibility index (Phi) is 7.12. The van der Waals surface area contributed by atoms with Crippen molar-refractivity contribution >= 4 is 29.2 Å². The first-order chi connectivity index (χ1) is 20.4. The van der Waals surface area contributed by atoms with Gasteiger partial charge in [0.1, 0.15) is 11.5 Å². The lowest BCUT2D eigenvalue weighted by molar-refractivity contribution is -0.126. The SMILES string of the molecule is COc1ccc(CN2C(=O)C3(CCC3)c3cc(/C(=C/C=N)Nc4ccccc4)cc(Oc4ccn(C)c(=O)c4)c32)cc1. The van der Waals surface area contributed by atoms with Gasteiger partial charge in [-0.1, -0.05) is 36.8 Å². The van der Waals surface area contributed by atoms with Crippen LogP contribution in [-0.2, 0) is 23.8 Å². The number of nitrogens with zero attached hydrogens (tertiary/aromatic N) is 2. The highest BCUT2D eigenvalue weighted by atomic mass is 16.5. The van der Waals surface area contributed by atoms with Crippen LogP contribution in [0, 0.1) is 5.41 Å². The minimum atomic E-state index is -0.634. The Bertz CT molecular complexity index is 1740. The standard InChI is InChI=1S/C34H32N4O4/c1-37-18-14-27(21-31(37)39)42-30-20-24(29(13-17-35)36-25-7-4-3-5-8-25)19-28-32(30)38(33(40)34(28)15-6-16-34)22-23-9-11-26(41-2)12-10-23/h3-5,7-14,17-21,35-36H,6,15-16,22H2,1-2H3/b29-13-,35-17?. The van der Waals surface area contributed by atoms with Crippen molar-refractivity contribution in [3.8, 4) is 17.2 Å². The van der Waals surface area contributed by atoms with Gasteiger partial charge >= 0.3 is 0 Å². The van der Waals surface area contributed by atoms with Crippen molar-refractivity contribution in [3.05, 3.63) is 118 Å². The van der Waals surface area contributed by atoms with Crippen LogP contribution in [0.4, 0.5) is 11.4 Å². The number of amides is 1. The lowest BCUT2D eigenvalue weighted by Crippen LogP contribution is -2.44. The molecule has 6 rings (SSSR count). The van der Waals surface area contributed by atoms with E-state index in [2.05, 4.69) is 11.4 Å². The lowest BCUT2D eigenvalue weighted by atomic mass is 9.65. The third-order valence-corrected chi connectivity index (χ3v) is 8.14. The topological polar surface area (TPSA) is 96.7 Å².